The second-order valence-corrected chi connectivity index (χ2v) is 8.83. The molecule has 0 fully saturated rings. The maximum absolute atomic E-state index is 12.3. The van der Waals surface area contributed by atoms with Crippen molar-refractivity contribution in [1.82, 2.24) is 0 Å². The number of nitrogens with one attached hydrogen (secondary N) is 2. The highest BCUT2D eigenvalue weighted by atomic mass is 35.5. The summed E-state index contributed by atoms with van der Waals surface area (Å²) in [4.78, 5) is 0.123. The molecule has 0 radical (unpaired) electrons. The molecule has 2 N–H and O–H groups in total. The van der Waals surface area contributed by atoms with E-state index >= 15 is 0 Å². The average Bonchev–Trinajstić information content (AvgIpc) is 2.41. The van der Waals surface area contributed by atoms with Crippen molar-refractivity contribution in [3.63, 3.8) is 0 Å². The minimum atomic E-state index is -3.74. The van der Waals surface area contributed by atoms with Gasteiger partial charge in [-0.05, 0) is 37.3 Å². The lowest BCUT2D eigenvalue weighted by atomic mass is 10.2. The van der Waals surface area contributed by atoms with Crippen LogP contribution in [0.3, 0.4) is 0 Å². The molecule has 2 aromatic carbocycles. The van der Waals surface area contributed by atoms with E-state index in [9.17, 15) is 16.8 Å². The fourth-order valence-corrected chi connectivity index (χ4v) is 3.70. The molecule has 0 saturated heterocycles. The smallest absolute Gasteiger partial charge is 0.261 e. The Bertz CT molecular complexity index is 924. The largest absolute Gasteiger partial charge is 0.282 e. The molecule has 0 heterocycles. The van der Waals surface area contributed by atoms with Crippen molar-refractivity contribution in [3.05, 3.63) is 53.1 Å². The van der Waals surface area contributed by atoms with Crippen molar-refractivity contribution in [2.24, 2.45) is 0 Å². The van der Waals surface area contributed by atoms with Crippen LogP contribution in [0.2, 0.25) is 5.02 Å². The number of benzene rings is 2. The fourth-order valence-electron chi connectivity index (χ4n) is 1.79. The monoisotopic (exact) mass is 374 g/mol. The van der Waals surface area contributed by atoms with Crippen LogP contribution < -0.4 is 9.44 Å². The number of rotatable bonds is 5. The molecule has 9 heteroatoms. The zero-order valence-corrected chi connectivity index (χ0v) is 14.8. The summed E-state index contributed by atoms with van der Waals surface area (Å²) in [5.74, 6) is 0. The van der Waals surface area contributed by atoms with Crippen molar-refractivity contribution >= 4 is 43.0 Å². The Hall–Kier alpha value is -1.77. The van der Waals surface area contributed by atoms with E-state index in [1.54, 1.807) is 12.1 Å². The summed E-state index contributed by atoms with van der Waals surface area (Å²) >= 11 is 5.97. The van der Waals surface area contributed by atoms with Gasteiger partial charge in [-0.25, -0.2) is 16.8 Å². The summed E-state index contributed by atoms with van der Waals surface area (Å²) in [6, 6.07) is 10.5. The molecular formula is C14H15ClN2O4S2. The van der Waals surface area contributed by atoms with Crippen LogP contribution in [0.15, 0.2) is 47.4 Å². The third kappa shape index (κ3) is 4.85. The summed E-state index contributed by atoms with van der Waals surface area (Å²) in [7, 11) is -7.21. The van der Waals surface area contributed by atoms with Crippen LogP contribution >= 0.6 is 11.6 Å². The number of hydrogen-bond donors (Lipinski definition) is 2. The van der Waals surface area contributed by atoms with Crippen LogP contribution in [0.1, 0.15) is 5.56 Å². The molecule has 2 rings (SSSR count). The van der Waals surface area contributed by atoms with E-state index in [2.05, 4.69) is 9.44 Å². The molecule has 0 atom stereocenters. The molecule has 0 amide bonds. The maximum atomic E-state index is 12.3. The lowest BCUT2D eigenvalue weighted by Gasteiger charge is -2.11. The molecule has 6 nitrogen and oxygen atoms in total. The summed E-state index contributed by atoms with van der Waals surface area (Å²) < 4.78 is 51.6. The van der Waals surface area contributed by atoms with Crippen molar-refractivity contribution in [1.29, 1.82) is 0 Å². The Kier molecular flexibility index (Phi) is 4.88. The predicted octanol–water partition coefficient (Wildman–Crippen LogP) is 2.82. The second-order valence-electron chi connectivity index (χ2n) is 4.99. The van der Waals surface area contributed by atoms with Crippen LogP contribution in [0.4, 0.5) is 11.4 Å². The number of anilines is 2. The number of sulfonamides is 2. The number of halogens is 1. The van der Waals surface area contributed by atoms with Gasteiger partial charge in [0.25, 0.3) is 10.0 Å². The van der Waals surface area contributed by atoms with Crippen molar-refractivity contribution in [2.45, 2.75) is 11.8 Å². The molecule has 0 bridgehead atoms. The Morgan fingerprint density at radius 2 is 1.52 bits per heavy atom. The number of hydrogen-bond acceptors (Lipinski definition) is 4. The molecule has 0 aliphatic carbocycles. The highest BCUT2D eigenvalue weighted by molar-refractivity contribution is 7.92. The van der Waals surface area contributed by atoms with Crippen LogP contribution in [0.5, 0.6) is 0 Å². The Morgan fingerprint density at radius 1 is 0.913 bits per heavy atom. The lowest BCUT2D eigenvalue weighted by molar-refractivity contribution is 0.600. The van der Waals surface area contributed by atoms with E-state index in [-0.39, 0.29) is 21.3 Å². The van der Waals surface area contributed by atoms with Gasteiger partial charge >= 0.3 is 0 Å². The van der Waals surface area contributed by atoms with E-state index in [1.165, 1.54) is 30.3 Å². The fraction of sp³-hybridized carbons (Fsp3) is 0.143. The summed E-state index contributed by atoms with van der Waals surface area (Å²) in [6.07, 6.45) is 0.997. The van der Waals surface area contributed by atoms with E-state index in [0.717, 1.165) is 11.8 Å². The third-order valence-corrected chi connectivity index (χ3v) is 5.15. The normalized spacial score (nSPS) is 12.0. The van der Waals surface area contributed by atoms with Crippen LogP contribution in [-0.2, 0) is 20.0 Å². The van der Waals surface area contributed by atoms with Gasteiger partial charge in [-0.1, -0.05) is 29.3 Å². The molecule has 0 aliphatic heterocycles. The highest BCUT2D eigenvalue weighted by Crippen LogP contribution is 2.27. The predicted molar refractivity (Wildman–Crippen MR) is 91.9 cm³/mol. The SMILES string of the molecule is Cc1ccc(S(=O)(=O)Nc2ccc(NS(C)(=O)=O)c(Cl)c2)cc1. The molecule has 0 saturated carbocycles. The second kappa shape index (κ2) is 6.38. The Balaban J connectivity index is 2.26. The highest BCUT2D eigenvalue weighted by Gasteiger charge is 2.15. The Labute approximate surface area is 140 Å². The van der Waals surface area contributed by atoms with E-state index < -0.39 is 20.0 Å². The maximum Gasteiger partial charge on any atom is 0.261 e. The first kappa shape index (κ1) is 17.6. The van der Waals surface area contributed by atoms with Crippen LogP contribution in [-0.4, -0.2) is 23.1 Å². The van der Waals surface area contributed by atoms with Crippen LogP contribution in [0.25, 0.3) is 0 Å². The Morgan fingerprint density at radius 3 is 2.04 bits per heavy atom. The molecule has 0 aromatic heterocycles. The topological polar surface area (TPSA) is 92.3 Å². The van der Waals surface area contributed by atoms with E-state index in [0.29, 0.717) is 0 Å². The van der Waals surface area contributed by atoms with Crippen molar-refractivity contribution < 1.29 is 16.8 Å². The minimum Gasteiger partial charge on any atom is -0.282 e. The molecule has 0 unspecified atom stereocenters. The van der Waals surface area contributed by atoms with E-state index in [4.69, 9.17) is 11.6 Å². The first-order valence-electron chi connectivity index (χ1n) is 6.44. The van der Waals surface area contributed by atoms with Gasteiger partial charge in [0.15, 0.2) is 0 Å². The van der Waals surface area contributed by atoms with Gasteiger partial charge in [0, 0.05) is 0 Å². The third-order valence-electron chi connectivity index (χ3n) is 2.85. The first-order valence-corrected chi connectivity index (χ1v) is 10.2. The van der Waals surface area contributed by atoms with Gasteiger partial charge in [-0.3, -0.25) is 9.44 Å². The quantitative estimate of drug-likeness (QED) is 0.841. The van der Waals surface area contributed by atoms with Crippen molar-refractivity contribution in [2.75, 3.05) is 15.7 Å². The number of aryl methyl sites for hydroxylation is 1. The lowest BCUT2D eigenvalue weighted by Crippen LogP contribution is -2.13. The van der Waals surface area contributed by atoms with Gasteiger partial charge < -0.3 is 0 Å². The minimum absolute atomic E-state index is 0.0829. The standard InChI is InChI=1S/C14H15ClN2O4S2/c1-10-3-6-12(7-4-10)23(20,21)16-11-5-8-14(13(15)9-11)17-22(2,18)19/h3-9,16-17H,1-2H3. The first-order chi connectivity index (χ1) is 10.6. The van der Waals surface area contributed by atoms with E-state index in [1.807, 2.05) is 6.92 Å². The molecule has 23 heavy (non-hydrogen) atoms. The van der Waals surface area contributed by atoms with Gasteiger partial charge in [0.1, 0.15) is 0 Å². The molecule has 2 aromatic rings. The zero-order chi connectivity index (χ0) is 17.3. The summed E-state index contributed by atoms with van der Waals surface area (Å²) in [5.41, 5.74) is 1.35. The van der Waals surface area contributed by atoms with Crippen LogP contribution in [0, 0.1) is 6.92 Å². The van der Waals surface area contributed by atoms with Crippen molar-refractivity contribution in [3.8, 4) is 0 Å². The van der Waals surface area contributed by atoms with Gasteiger partial charge in [0.05, 0.1) is 27.5 Å². The van der Waals surface area contributed by atoms with Gasteiger partial charge in [-0.15, -0.1) is 0 Å². The van der Waals surface area contributed by atoms with Gasteiger partial charge in [-0.2, -0.15) is 0 Å². The molecular weight excluding hydrogens is 360 g/mol. The molecule has 124 valence electrons. The zero-order valence-electron chi connectivity index (χ0n) is 12.4. The van der Waals surface area contributed by atoms with Gasteiger partial charge in [0.2, 0.25) is 10.0 Å². The summed E-state index contributed by atoms with van der Waals surface area (Å²) in [5, 5.41) is 0.0829. The molecule has 0 spiro atoms. The summed E-state index contributed by atoms with van der Waals surface area (Å²) in [6.45, 7) is 1.86. The average molecular weight is 375 g/mol. The molecule has 0 aliphatic rings.